The molecule has 1 amide bonds. The fraction of sp³-hybridized carbons (Fsp3) is 0.217. The van der Waals surface area contributed by atoms with Crippen LogP contribution >= 0.6 is 24.0 Å². The van der Waals surface area contributed by atoms with Crippen LogP contribution in [0.2, 0.25) is 5.02 Å². The highest BCUT2D eigenvalue weighted by molar-refractivity contribution is 6.32. The Balaban J connectivity index is 0.00000304. The summed E-state index contributed by atoms with van der Waals surface area (Å²) in [5.41, 5.74) is 1.97. The van der Waals surface area contributed by atoms with E-state index >= 15 is 0 Å². The summed E-state index contributed by atoms with van der Waals surface area (Å²) < 4.78 is 8.72. The molecule has 0 saturated heterocycles. The second kappa shape index (κ2) is 10.3. The number of aromatic nitrogens is 7. The van der Waals surface area contributed by atoms with Crippen molar-refractivity contribution in [1.82, 2.24) is 39.8 Å². The first kappa shape index (κ1) is 25.1. The van der Waals surface area contributed by atoms with E-state index in [0.717, 1.165) is 27.4 Å². The number of hydrogen-bond acceptors (Lipinski definition) is 8. The number of halogens is 2. The summed E-state index contributed by atoms with van der Waals surface area (Å²) in [6, 6.07) is 5.60. The minimum absolute atomic E-state index is 0. The second-order valence-corrected chi connectivity index (χ2v) is 8.09. The number of amides is 1. The topological polar surface area (TPSA) is 125 Å². The maximum absolute atomic E-state index is 12.0. The fourth-order valence-corrected chi connectivity index (χ4v) is 4.17. The largest absolute Gasteiger partial charge is 0.495 e. The maximum atomic E-state index is 12.0. The van der Waals surface area contributed by atoms with Crippen LogP contribution in [0.4, 0.5) is 5.82 Å². The molecule has 0 saturated carbocycles. The van der Waals surface area contributed by atoms with Gasteiger partial charge in [0.15, 0.2) is 17.3 Å². The van der Waals surface area contributed by atoms with Crippen LogP contribution in [0, 0.1) is 0 Å². The van der Waals surface area contributed by atoms with E-state index in [1.165, 1.54) is 6.33 Å². The summed E-state index contributed by atoms with van der Waals surface area (Å²) in [4.78, 5) is 20.8. The smallest absolute Gasteiger partial charge is 0.271 e. The van der Waals surface area contributed by atoms with E-state index in [1.807, 2.05) is 29.8 Å². The number of imidazole rings is 1. The molecule has 0 aliphatic rings. The summed E-state index contributed by atoms with van der Waals surface area (Å²) in [6.07, 6.45) is 6.65. The molecule has 4 heterocycles. The van der Waals surface area contributed by atoms with Crippen LogP contribution in [0.25, 0.3) is 27.6 Å². The van der Waals surface area contributed by atoms with Gasteiger partial charge in [0.2, 0.25) is 0 Å². The Kier molecular flexibility index (Phi) is 7.22. The monoisotopic (exact) mass is 527 g/mol. The lowest BCUT2D eigenvalue weighted by molar-refractivity contribution is 0.0958. The molecule has 0 spiro atoms. The van der Waals surface area contributed by atoms with Gasteiger partial charge in [0.25, 0.3) is 5.91 Å². The van der Waals surface area contributed by atoms with E-state index in [-0.39, 0.29) is 24.0 Å². The number of nitrogens with one attached hydrogen (secondary N) is 2. The number of nitrogens with zero attached hydrogens (tertiary/aromatic N) is 7. The number of pyridine rings is 1. The Bertz CT molecular complexity index is 1560. The number of carbonyl (C=O) groups excluding carboxylic acids is 1. The Morgan fingerprint density at radius 3 is 2.72 bits per heavy atom. The van der Waals surface area contributed by atoms with Crippen molar-refractivity contribution in [2.24, 2.45) is 0 Å². The number of methoxy groups -OCH3 is 1. The standard InChI is InChI=1S/C23H22ClN9O2.ClH/c1-4-33-21-15(10-29-33)19-14(9-27-21)22(32-11-17(28-12-32)23(34)25-2)31-30-20(19)26-8-13-5-6-18(35-3)16(24)7-13;/h5-7,9-12H,4,8H2,1-3H3,(H,25,34)(H,26,30);1H. The van der Waals surface area contributed by atoms with Crippen molar-refractivity contribution in [3.8, 4) is 11.6 Å². The third-order valence-electron chi connectivity index (χ3n) is 5.65. The van der Waals surface area contributed by atoms with Gasteiger partial charge in [-0.2, -0.15) is 5.10 Å². The van der Waals surface area contributed by atoms with E-state index < -0.39 is 0 Å². The van der Waals surface area contributed by atoms with Crippen LogP contribution in [0.15, 0.2) is 43.1 Å². The summed E-state index contributed by atoms with van der Waals surface area (Å²) in [5, 5.41) is 22.2. The van der Waals surface area contributed by atoms with E-state index in [2.05, 4.69) is 35.9 Å². The average Bonchev–Trinajstić information content (AvgIpc) is 3.54. The fourth-order valence-electron chi connectivity index (χ4n) is 3.89. The van der Waals surface area contributed by atoms with Crippen molar-refractivity contribution in [2.45, 2.75) is 20.0 Å². The van der Waals surface area contributed by atoms with Crippen LogP contribution in [0.5, 0.6) is 5.75 Å². The van der Waals surface area contributed by atoms with Crippen LogP contribution in [0.3, 0.4) is 0 Å². The Morgan fingerprint density at radius 2 is 2.00 bits per heavy atom. The van der Waals surface area contributed by atoms with E-state index in [1.54, 1.807) is 37.3 Å². The van der Waals surface area contributed by atoms with Gasteiger partial charge in [0.1, 0.15) is 17.8 Å². The lowest BCUT2D eigenvalue weighted by Gasteiger charge is -2.13. The highest BCUT2D eigenvalue weighted by Gasteiger charge is 2.18. The van der Waals surface area contributed by atoms with Crippen molar-refractivity contribution < 1.29 is 9.53 Å². The summed E-state index contributed by atoms with van der Waals surface area (Å²) in [7, 11) is 3.13. The van der Waals surface area contributed by atoms with E-state index in [0.29, 0.717) is 35.5 Å². The molecule has 0 atom stereocenters. The van der Waals surface area contributed by atoms with Crippen LogP contribution in [0.1, 0.15) is 23.0 Å². The molecule has 4 aromatic heterocycles. The Labute approximate surface area is 217 Å². The van der Waals surface area contributed by atoms with Gasteiger partial charge >= 0.3 is 0 Å². The average molecular weight is 528 g/mol. The van der Waals surface area contributed by atoms with Crippen LogP contribution in [-0.2, 0) is 13.1 Å². The number of hydrogen-bond donors (Lipinski definition) is 2. The van der Waals surface area contributed by atoms with Gasteiger partial charge in [0.05, 0.1) is 23.7 Å². The molecule has 0 aliphatic carbocycles. The Hall–Kier alpha value is -3.96. The quantitative estimate of drug-likeness (QED) is 0.328. The molecule has 0 radical (unpaired) electrons. The molecule has 0 unspecified atom stereocenters. The SMILES string of the molecule is CCn1ncc2c3c(NCc4ccc(OC)c(Cl)c4)nnc(-n4cnc(C(=O)NC)c4)c3cnc21.Cl. The van der Waals surface area contributed by atoms with Gasteiger partial charge in [-0.1, -0.05) is 17.7 Å². The highest BCUT2D eigenvalue weighted by Crippen LogP contribution is 2.32. The minimum atomic E-state index is -0.290. The number of benzene rings is 1. The van der Waals surface area contributed by atoms with Gasteiger partial charge in [-0.15, -0.1) is 22.6 Å². The predicted molar refractivity (Wildman–Crippen MR) is 139 cm³/mol. The van der Waals surface area contributed by atoms with E-state index in [4.69, 9.17) is 16.3 Å². The number of aryl methyl sites for hydroxylation is 1. The van der Waals surface area contributed by atoms with Crippen molar-refractivity contribution >= 4 is 57.5 Å². The van der Waals surface area contributed by atoms with Gasteiger partial charge in [0, 0.05) is 43.3 Å². The lowest BCUT2D eigenvalue weighted by Crippen LogP contribution is -2.18. The summed E-state index contributed by atoms with van der Waals surface area (Å²) >= 11 is 6.29. The molecule has 186 valence electrons. The first-order valence-electron chi connectivity index (χ1n) is 10.9. The van der Waals surface area contributed by atoms with Crippen LogP contribution < -0.4 is 15.4 Å². The zero-order valence-electron chi connectivity index (χ0n) is 19.7. The normalized spacial score (nSPS) is 10.9. The van der Waals surface area contributed by atoms with Crippen molar-refractivity contribution in [3.05, 3.63) is 59.4 Å². The molecule has 5 aromatic rings. The molecule has 2 N–H and O–H groups in total. The number of anilines is 1. The zero-order valence-corrected chi connectivity index (χ0v) is 21.3. The molecule has 1 aromatic carbocycles. The number of carbonyl (C=O) groups is 1. The van der Waals surface area contributed by atoms with Gasteiger partial charge in [-0.05, 0) is 24.6 Å². The number of rotatable bonds is 7. The molecule has 13 heteroatoms. The molecule has 5 rings (SSSR count). The van der Waals surface area contributed by atoms with Gasteiger partial charge < -0.3 is 15.4 Å². The molecule has 36 heavy (non-hydrogen) atoms. The minimum Gasteiger partial charge on any atom is -0.495 e. The predicted octanol–water partition coefficient (Wildman–Crippen LogP) is 3.64. The van der Waals surface area contributed by atoms with Crippen LogP contribution in [-0.4, -0.2) is 54.6 Å². The molecule has 0 fully saturated rings. The Morgan fingerprint density at radius 1 is 1.17 bits per heavy atom. The number of ether oxygens (including phenoxy) is 1. The maximum Gasteiger partial charge on any atom is 0.271 e. The molecule has 0 bridgehead atoms. The zero-order chi connectivity index (χ0) is 24.5. The molecular weight excluding hydrogens is 505 g/mol. The third kappa shape index (κ3) is 4.38. The van der Waals surface area contributed by atoms with E-state index in [9.17, 15) is 4.79 Å². The molecule has 11 nitrogen and oxygen atoms in total. The third-order valence-corrected chi connectivity index (χ3v) is 5.95. The number of fused-ring (bicyclic) bond motifs is 3. The van der Waals surface area contributed by atoms with Gasteiger partial charge in [-0.25, -0.2) is 14.6 Å². The first-order chi connectivity index (χ1) is 17.0. The summed E-state index contributed by atoms with van der Waals surface area (Å²) in [6.45, 7) is 3.15. The first-order valence-corrected chi connectivity index (χ1v) is 11.3. The van der Waals surface area contributed by atoms with Crippen molar-refractivity contribution in [2.75, 3.05) is 19.5 Å². The highest BCUT2D eigenvalue weighted by atomic mass is 35.5. The van der Waals surface area contributed by atoms with Gasteiger partial charge in [-0.3, -0.25) is 9.36 Å². The second-order valence-electron chi connectivity index (χ2n) is 7.68. The summed E-state index contributed by atoms with van der Waals surface area (Å²) in [5.74, 6) is 1.40. The van der Waals surface area contributed by atoms with Crippen molar-refractivity contribution in [3.63, 3.8) is 0 Å². The molecule has 0 aliphatic heterocycles. The van der Waals surface area contributed by atoms with Crippen molar-refractivity contribution in [1.29, 1.82) is 0 Å². The lowest BCUT2D eigenvalue weighted by atomic mass is 10.1. The molecular formula is C23H23Cl2N9O2.